The van der Waals surface area contributed by atoms with Crippen LogP contribution in [0.15, 0.2) is 68.7 Å². The van der Waals surface area contributed by atoms with Gasteiger partial charge in [-0.15, -0.1) is 0 Å². The molecule has 1 N–H and O–H groups in total. The molecule has 0 unspecified atom stereocenters. The fourth-order valence-electron chi connectivity index (χ4n) is 2.28. The van der Waals surface area contributed by atoms with Gasteiger partial charge in [-0.05, 0) is 43.3 Å². The van der Waals surface area contributed by atoms with Crippen LogP contribution in [0.5, 0.6) is 5.75 Å². The Kier molecular flexibility index (Phi) is 4.87. The van der Waals surface area contributed by atoms with Crippen molar-refractivity contribution >= 4 is 21.0 Å². The quantitative estimate of drug-likeness (QED) is 0.540. The predicted octanol–water partition coefficient (Wildman–Crippen LogP) is 2.46. The van der Waals surface area contributed by atoms with E-state index in [1.165, 1.54) is 30.3 Å². The summed E-state index contributed by atoms with van der Waals surface area (Å²) in [5, 5.41) is 0.540. The lowest BCUT2D eigenvalue weighted by molar-refractivity contribution is 0.323. The lowest BCUT2D eigenvalue weighted by Gasteiger charge is -2.09. The zero-order chi connectivity index (χ0) is 17.9. The molecule has 0 saturated carbocycles. The average molecular weight is 359 g/mol. The minimum atomic E-state index is -3.67. The van der Waals surface area contributed by atoms with Crippen LogP contribution >= 0.6 is 0 Å². The van der Waals surface area contributed by atoms with Gasteiger partial charge >= 0.3 is 5.63 Å². The van der Waals surface area contributed by atoms with Gasteiger partial charge in [0.05, 0.1) is 4.90 Å². The number of benzene rings is 2. The van der Waals surface area contributed by atoms with Crippen molar-refractivity contribution in [1.82, 2.24) is 4.72 Å². The van der Waals surface area contributed by atoms with Crippen molar-refractivity contribution in [3.05, 3.63) is 70.6 Å². The summed E-state index contributed by atoms with van der Waals surface area (Å²) in [5.41, 5.74) is 0.990. The fraction of sp³-hybridized carbons (Fsp3) is 0.167. The van der Waals surface area contributed by atoms with Crippen molar-refractivity contribution in [3.63, 3.8) is 0 Å². The molecule has 1 aromatic heterocycles. The fourth-order valence-corrected chi connectivity index (χ4v) is 3.33. The van der Waals surface area contributed by atoms with E-state index in [4.69, 9.17) is 9.15 Å². The van der Waals surface area contributed by atoms with Crippen molar-refractivity contribution in [2.24, 2.45) is 0 Å². The highest BCUT2D eigenvalue weighted by Crippen LogP contribution is 2.17. The van der Waals surface area contributed by atoms with Crippen molar-refractivity contribution < 1.29 is 17.6 Å². The Labute approximate surface area is 145 Å². The van der Waals surface area contributed by atoms with E-state index in [1.807, 2.05) is 31.2 Å². The largest absolute Gasteiger partial charge is 0.492 e. The SMILES string of the molecule is Cc1ccc(OCCNS(=O)(=O)c2ccc3oc(=O)ccc3c2)cc1. The molecule has 3 rings (SSSR count). The van der Waals surface area contributed by atoms with Crippen LogP contribution in [0.4, 0.5) is 0 Å². The van der Waals surface area contributed by atoms with Crippen LogP contribution < -0.4 is 15.1 Å². The van der Waals surface area contributed by atoms with Crippen LogP contribution in [-0.4, -0.2) is 21.6 Å². The minimum Gasteiger partial charge on any atom is -0.492 e. The summed E-state index contributed by atoms with van der Waals surface area (Å²) in [6.07, 6.45) is 0. The highest BCUT2D eigenvalue weighted by atomic mass is 32.2. The van der Waals surface area contributed by atoms with E-state index >= 15 is 0 Å². The number of hydrogen-bond donors (Lipinski definition) is 1. The summed E-state index contributed by atoms with van der Waals surface area (Å²) in [6.45, 7) is 2.33. The Balaban J connectivity index is 1.64. The van der Waals surface area contributed by atoms with Gasteiger partial charge in [-0.25, -0.2) is 17.9 Å². The summed E-state index contributed by atoms with van der Waals surface area (Å²) in [7, 11) is -3.67. The van der Waals surface area contributed by atoms with Crippen LogP contribution in [0.2, 0.25) is 0 Å². The Morgan fingerprint density at radius 1 is 1.04 bits per heavy atom. The summed E-state index contributed by atoms with van der Waals surface area (Å²) in [5.74, 6) is 0.686. The predicted molar refractivity (Wildman–Crippen MR) is 94.3 cm³/mol. The Morgan fingerprint density at radius 2 is 1.80 bits per heavy atom. The second-order valence-electron chi connectivity index (χ2n) is 5.51. The highest BCUT2D eigenvalue weighted by molar-refractivity contribution is 7.89. The van der Waals surface area contributed by atoms with Crippen LogP contribution in [0, 0.1) is 6.92 Å². The normalized spacial score (nSPS) is 11.6. The monoisotopic (exact) mass is 359 g/mol. The Hall–Kier alpha value is -2.64. The summed E-state index contributed by atoms with van der Waals surface area (Å²) < 4.78 is 37.7. The van der Waals surface area contributed by atoms with E-state index < -0.39 is 15.6 Å². The number of aryl methyl sites for hydroxylation is 1. The second-order valence-corrected chi connectivity index (χ2v) is 7.28. The maximum Gasteiger partial charge on any atom is 0.336 e. The van der Waals surface area contributed by atoms with E-state index in [2.05, 4.69) is 4.72 Å². The smallest absolute Gasteiger partial charge is 0.336 e. The maximum absolute atomic E-state index is 12.3. The number of ether oxygens (including phenoxy) is 1. The summed E-state index contributed by atoms with van der Waals surface area (Å²) in [4.78, 5) is 11.3. The molecule has 2 aromatic carbocycles. The lowest BCUT2D eigenvalue weighted by atomic mass is 10.2. The number of fused-ring (bicyclic) bond motifs is 1. The maximum atomic E-state index is 12.3. The van der Waals surface area contributed by atoms with Gasteiger partial charge in [0.1, 0.15) is 17.9 Å². The molecular weight excluding hydrogens is 342 g/mol. The Bertz CT molecular complexity index is 1040. The van der Waals surface area contributed by atoms with E-state index in [0.29, 0.717) is 16.7 Å². The summed E-state index contributed by atoms with van der Waals surface area (Å²) in [6, 6.07) is 14.6. The topological polar surface area (TPSA) is 85.6 Å². The first-order valence-electron chi connectivity index (χ1n) is 7.67. The van der Waals surface area contributed by atoms with Gasteiger partial charge in [0.2, 0.25) is 10.0 Å². The highest BCUT2D eigenvalue weighted by Gasteiger charge is 2.14. The average Bonchev–Trinajstić information content (AvgIpc) is 2.59. The molecule has 0 aliphatic rings. The van der Waals surface area contributed by atoms with E-state index in [0.717, 1.165) is 5.56 Å². The molecule has 0 radical (unpaired) electrons. The first-order chi connectivity index (χ1) is 11.9. The van der Waals surface area contributed by atoms with Gasteiger partial charge in [-0.1, -0.05) is 17.7 Å². The standard InChI is InChI=1S/C18H17NO5S/c1-13-2-5-15(6-3-13)23-11-10-19-25(21,22)16-7-8-17-14(12-16)4-9-18(20)24-17/h2-9,12,19H,10-11H2,1H3. The van der Waals surface area contributed by atoms with Gasteiger partial charge < -0.3 is 9.15 Å². The molecule has 0 saturated heterocycles. The van der Waals surface area contributed by atoms with Crippen molar-refractivity contribution in [2.45, 2.75) is 11.8 Å². The Morgan fingerprint density at radius 3 is 2.56 bits per heavy atom. The number of nitrogens with one attached hydrogen (secondary N) is 1. The third kappa shape index (κ3) is 4.26. The van der Waals surface area contributed by atoms with Crippen LogP contribution in [-0.2, 0) is 10.0 Å². The molecule has 0 fully saturated rings. The van der Waals surface area contributed by atoms with Crippen LogP contribution in [0.3, 0.4) is 0 Å². The van der Waals surface area contributed by atoms with Gasteiger partial charge in [-0.3, -0.25) is 0 Å². The number of sulfonamides is 1. The summed E-state index contributed by atoms with van der Waals surface area (Å²) >= 11 is 0. The molecule has 0 amide bonds. The van der Waals surface area contributed by atoms with E-state index in [-0.39, 0.29) is 18.0 Å². The zero-order valence-electron chi connectivity index (χ0n) is 13.6. The van der Waals surface area contributed by atoms with Crippen molar-refractivity contribution in [1.29, 1.82) is 0 Å². The molecule has 130 valence electrons. The van der Waals surface area contributed by atoms with Gasteiger partial charge in [-0.2, -0.15) is 0 Å². The third-order valence-corrected chi connectivity index (χ3v) is 5.04. The van der Waals surface area contributed by atoms with E-state index in [9.17, 15) is 13.2 Å². The molecule has 25 heavy (non-hydrogen) atoms. The molecular formula is C18H17NO5S. The first kappa shape index (κ1) is 17.2. The van der Waals surface area contributed by atoms with Gasteiger partial charge in [0.25, 0.3) is 0 Å². The van der Waals surface area contributed by atoms with Gasteiger partial charge in [0, 0.05) is 18.0 Å². The second kappa shape index (κ2) is 7.08. The lowest BCUT2D eigenvalue weighted by Crippen LogP contribution is -2.28. The molecule has 0 bridgehead atoms. The number of rotatable bonds is 6. The van der Waals surface area contributed by atoms with Crippen LogP contribution in [0.25, 0.3) is 11.0 Å². The first-order valence-corrected chi connectivity index (χ1v) is 9.15. The molecule has 1 heterocycles. The minimum absolute atomic E-state index is 0.101. The molecule has 6 nitrogen and oxygen atoms in total. The molecule has 0 aliphatic heterocycles. The van der Waals surface area contributed by atoms with Gasteiger partial charge in [0.15, 0.2) is 0 Å². The van der Waals surface area contributed by atoms with Crippen molar-refractivity contribution in [2.75, 3.05) is 13.2 Å². The molecule has 0 atom stereocenters. The zero-order valence-corrected chi connectivity index (χ0v) is 14.4. The van der Waals surface area contributed by atoms with E-state index in [1.54, 1.807) is 0 Å². The molecule has 3 aromatic rings. The van der Waals surface area contributed by atoms with Crippen molar-refractivity contribution in [3.8, 4) is 5.75 Å². The molecule has 0 spiro atoms. The molecule has 0 aliphatic carbocycles. The molecule has 7 heteroatoms. The van der Waals surface area contributed by atoms with Crippen LogP contribution in [0.1, 0.15) is 5.56 Å². The number of hydrogen-bond acceptors (Lipinski definition) is 5. The third-order valence-electron chi connectivity index (χ3n) is 3.58.